The summed E-state index contributed by atoms with van der Waals surface area (Å²) in [6.07, 6.45) is 2.06. The molecule has 1 aromatic carbocycles. The van der Waals surface area contributed by atoms with Gasteiger partial charge in [0.1, 0.15) is 11.5 Å². The van der Waals surface area contributed by atoms with Crippen LogP contribution < -0.4 is 4.18 Å². The molecule has 2 aliphatic carbocycles. The second kappa shape index (κ2) is 6.34. The fraction of sp³-hybridized carbons (Fsp3) is 0.650. The van der Waals surface area contributed by atoms with Gasteiger partial charge in [-0.1, -0.05) is 26.0 Å². The van der Waals surface area contributed by atoms with Crippen molar-refractivity contribution in [3.05, 3.63) is 29.8 Å². The quantitative estimate of drug-likeness (QED) is 0.709. The van der Waals surface area contributed by atoms with Crippen molar-refractivity contribution in [3.8, 4) is 5.75 Å². The summed E-state index contributed by atoms with van der Waals surface area (Å²) < 4.78 is 31.0. The molecule has 0 amide bonds. The number of ketones is 1. The van der Waals surface area contributed by atoms with Crippen molar-refractivity contribution < 1.29 is 17.4 Å². The highest BCUT2D eigenvalue weighted by atomic mass is 32.2. The molecule has 0 saturated heterocycles. The third kappa shape index (κ3) is 3.07. The van der Waals surface area contributed by atoms with Gasteiger partial charge in [0.25, 0.3) is 0 Å². The highest BCUT2D eigenvalue weighted by Gasteiger charge is 2.65. The standard InChI is InChI=1S/C20H29NO4S/c1-14(21(4)5)15-7-6-8-17(11-15)25-26(23,24)13-20-10-9-16(12-18(20)22)19(20,2)3/h6-8,11,14,16H,9-10,12-13H2,1-5H3/t14-,16?,20+/m0/s1. The monoisotopic (exact) mass is 379 g/mol. The van der Waals surface area contributed by atoms with Gasteiger partial charge in [-0.3, -0.25) is 4.79 Å². The zero-order valence-electron chi connectivity index (χ0n) is 16.3. The van der Waals surface area contributed by atoms with Gasteiger partial charge in [0.15, 0.2) is 0 Å². The van der Waals surface area contributed by atoms with Gasteiger partial charge in [0, 0.05) is 12.5 Å². The zero-order valence-corrected chi connectivity index (χ0v) is 17.1. The van der Waals surface area contributed by atoms with Gasteiger partial charge in [-0.2, -0.15) is 8.42 Å². The lowest BCUT2D eigenvalue weighted by atomic mass is 9.70. The first-order valence-corrected chi connectivity index (χ1v) is 10.8. The number of rotatable bonds is 6. The molecule has 0 N–H and O–H groups in total. The number of hydrogen-bond donors (Lipinski definition) is 0. The van der Waals surface area contributed by atoms with Gasteiger partial charge >= 0.3 is 10.1 Å². The number of carbonyl (C=O) groups excluding carboxylic acids is 1. The van der Waals surface area contributed by atoms with Crippen LogP contribution >= 0.6 is 0 Å². The lowest BCUT2D eigenvalue weighted by Gasteiger charge is -2.35. The first-order chi connectivity index (χ1) is 12.0. The van der Waals surface area contributed by atoms with E-state index < -0.39 is 15.5 Å². The summed E-state index contributed by atoms with van der Waals surface area (Å²) in [5, 5.41) is 0. The molecule has 5 nitrogen and oxygen atoms in total. The van der Waals surface area contributed by atoms with E-state index in [2.05, 4.69) is 0 Å². The number of hydrogen-bond acceptors (Lipinski definition) is 5. The summed E-state index contributed by atoms with van der Waals surface area (Å²) in [6.45, 7) is 6.11. The number of carbonyl (C=O) groups is 1. The van der Waals surface area contributed by atoms with Gasteiger partial charge in [-0.25, -0.2) is 0 Å². The summed E-state index contributed by atoms with van der Waals surface area (Å²) in [7, 11) is 0.0782. The molecule has 0 heterocycles. The number of Topliss-reactive ketones (excluding diaryl/α,β-unsaturated/α-hetero) is 1. The van der Waals surface area contributed by atoms with Crippen LogP contribution in [0.5, 0.6) is 5.75 Å². The Labute approximate surface area is 156 Å². The normalized spacial score (nSPS) is 28.5. The van der Waals surface area contributed by atoms with Crippen LogP contribution in [0.25, 0.3) is 0 Å². The molecule has 0 radical (unpaired) electrons. The average molecular weight is 380 g/mol. The third-order valence-corrected chi connectivity index (χ3v) is 8.19. The van der Waals surface area contributed by atoms with Crippen molar-refractivity contribution in [2.45, 2.75) is 46.1 Å². The predicted molar refractivity (Wildman–Crippen MR) is 102 cm³/mol. The third-order valence-electron chi connectivity index (χ3n) is 6.90. The van der Waals surface area contributed by atoms with E-state index in [1.54, 1.807) is 18.2 Å². The Kier molecular flexibility index (Phi) is 4.72. The predicted octanol–water partition coefficient (Wildman–Crippen LogP) is 3.41. The van der Waals surface area contributed by atoms with Gasteiger partial charge in [-0.05, 0) is 62.9 Å². The number of nitrogens with zero attached hydrogens (tertiary/aromatic N) is 1. The number of benzene rings is 1. The van der Waals surface area contributed by atoms with Crippen molar-refractivity contribution in [2.75, 3.05) is 19.8 Å². The molecule has 2 fully saturated rings. The fourth-order valence-corrected chi connectivity index (χ4v) is 6.45. The van der Waals surface area contributed by atoms with Gasteiger partial charge in [0.05, 0.1) is 11.2 Å². The van der Waals surface area contributed by atoms with E-state index in [9.17, 15) is 13.2 Å². The molecule has 0 spiro atoms. The Morgan fingerprint density at radius 1 is 1.31 bits per heavy atom. The highest BCUT2D eigenvalue weighted by Crippen LogP contribution is 2.64. The molecule has 2 saturated carbocycles. The number of fused-ring (bicyclic) bond motifs is 2. The summed E-state index contributed by atoms with van der Waals surface area (Å²) in [5.74, 6) is 0.455. The molecule has 0 aliphatic heterocycles. The lowest BCUT2D eigenvalue weighted by molar-refractivity contribution is -0.128. The lowest BCUT2D eigenvalue weighted by Crippen LogP contribution is -2.43. The molecule has 6 heteroatoms. The Balaban J connectivity index is 1.82. The van der Waals surface area contributed by atoms with Crippen LogP contribution in [0.2, 0.25) is 0 Å². The maximum Gasteiger partial charge on any atom is 0.310 e. The van der Waals surface area contributed by atoms with Gasteiger partial charge in [-0.15, -0.1) is 0 Å². The minimum absolute atomic E-state index is 0.0842. The van der Waals surface area contributed by atoms with Crippen molar-refractivity contribution in [2.24, 2.45) is 16.7 Å². The van der Waals surface area contributed by atoms with Crippen LogP contribution in [0.1, 0.15) is 51.6 Å². The molecule has 1 unspecified atom stereocenters. The Morgan fingerprint density at radius 3 is 2.54 bits per heavy atom. The van der Waals surface area contributed by atoms with Crippen LogP contribution in [-0.4, -0.2) is 38.9 Å². The summed E-state index contributed by atoms with van der Waals surface area (Å²) >= 11 is 0. The van der Waals surface area contributed by atoms with Crippen LogP contribution in [0.4, 0.5) is 0 Å². The molecule has 144 valence electrons. The van der Waals surface area contributed by atoms with E-state index in [4.69, 9.17) is 4.18 Å². The van der Waals surface area contributed by atoms with Crippen LogP contribution in [0.15, 0.2) is 24.3 Å². The molecule has 2 aliphatic rings. The van der Waals surface area contributed by atoms with E-state index in [1.165, 1.54) is 0 Å². The smallest absolute Gasteiger partial charge is 0.310 e. The Hall–Kier alpha value is -1.40. The molecule has 1 aromatic rings. The first kappa shape index (κ1) is 19.4. The van der Waals surface area contributed by atoms with Gasteiger partial charge in [0.2, 0.25) is 0 Å². The van der Waals surface area contributed by atoms with Crippen LogP contribution in [-0.2, 0) is 14.9 Å². The van der Waals surface area contributed by atoms with Crippen molar-refractivity contribution >= 4 is 15.9 Å². The minimum Gasteiger partial charge on any atom is -0.382 e. The summed E-state index contributed by atoms with van der Waals surface area (Å²) in [4.78, 5) is 14.6. The van der Waals surface area contributed by atoms with E-state index in [1.807, 2.05) is 45.8 Å². The maximum atomic E-state index is 12.8. The van der Waals surface area contributed by atoms with E-state index in [-0.39, 0.29) is 28.9 Å². The second-order valence-electron chi connectivity index (χ2n) is 8.66. The topological polar surface area (TPSA) is 63.7 Å². The molecular formula is C20H29NO4S. The molecular weight excluding hydrogens is 350 g/mol. The van der Waals surface area contributed by atoms with Crippen LogP contribution in [0.3, 0.4) is 0 Å². The van der Waals surface area contributed by atoms with E-state index in [0.29, 0.717) is 18.6 Å². The molecule has 26 heavy (non-hydrogen) atoms. The van der Waals surface area contributed by atoms with Crippen molar-refractivity contribution in [1.82, 2.24) is 4.90 Å². The SMILES string of the molecule is C[C@@H](c1cccc(OS(=O)(=O)C[C@]23CCC(CC2=O)C3(C)C)c1)N(C)C. The summed E-state index contributed by atoms with van der Waals surface area (Å²) in [5.41, 5.74) is -0.105. The zero-order chi connectivity index (χ0) is 19.3. The molecule has 3 atom stereocenters. The minimum atomic E-state index is -3.86. The molecule has 0 aromatic heterocycles. The summed E-state index contributed by atoms with van der Waals surface area (Å²) in [6, 6.07) is 7.31. The average Bonchev–Trinajstić information content (AvgIpc) is 2.87. The molecule has 3 rings (SSSR count). The Bertz CT molecular complexity index is 815. The second-order valence-corrected chi connectivity index (χ2v) is 10.2. The van der Waals surface area contributed by atoms with E-state index >= 15 is 0 Å². The fourth-order valence-electron chi connectivity index (χ4n) is 4.71. The Morgan fingerprint density at radius 2 is 2.00 bits per heavy atom. The van der Waals surface area contributed by atoms with Gasteiger partial charge < -0.3 is 9.08 Å². The van der Waals surface area contributed by atoms with E-state index in [0.717, 1.165) is 12.0 Å². The maximum absolute atomic E-state index is 12.8. The first-order valence-electron chi connectivity index (χ1n) is 9.20. The molecule has 2 bridgehead atoms. The van der Waals surface area contributed by atoms with Crippen LogP contribution in [0, 0.1) is 16.7 Å². The van der Waals surface area contributed by atoms with Crippen molar-refractivity contribution in [1.29, 1.82) is 0 Å². The largest absolute Gasteiger partial charge is 0.382 e. The highest BCUT2D eigenvalue weighted by molar-refractivity contribution is 7.87. The van der Waals surface area contributed by atoms with Crippen molar-refractivity contribution in [3.63, 3.8) is 0 Å².